The highest BCUT2D eigenvalue weighted by Gasteiger charge is 2.14. The number of fused-ring (bicyclic) bond motifs is 1. The molecular formula is C22H19N3O2. The summed E-state index contributed by atoms with van der Waals surface area (Å²) in [5, 5.41) is 0. The van der Waals surface area contributed by atoms with E-state index < -0.39 is 0 Å². The average Bonchev–Trinajstić information content (AvgIpc) is 2.71. The molecule has 2 aromatic carbocycles. The van der Waals surface area contributed by atoms with Crippen molar-refractivity contribution in [3.63, 3.8) is 0 Å². The Kier molecular flexibility index (Phi) is 4.42. The van der Waals surface area contributed by atoms with Gasteiger partial charge < -0.3 is 0 Å². The zero-order valence-corrected chi connectivity index (χ0v) is 15.0. The molecule has 5 heteroatoms. The first-order chi connectivity index (χ1) is 13.1. The molecule has 134 valence electrons. The molecule has 0 unspecified atom stereocenters. The van der Waals surface area contributed by atoms with Gasteiger partial charge in [-0.2, -0.15) is 0 Å². The average molecular weight is 357 g/mol. The van der Waals surface area contributed by atoms with Gasteiger partial charge in [-0.15, -0.1) is 0 Å². The van der Waals surface area contributed by atoms with Gasteiger partial charge in [0.2, 0.25) is 0 Å². The second-order valence-electron chi connectivity index (χ2n) is 6.60. The summed E-state index contributed by atoms with van der Waals surface area (Å²) in [6.07, 6.45) is 1.58. The zero-order valence-electron chi connectivity index (χ0n) is 15.0. The highest BCUT2D eigenvalue weighted by Crippen LogP contribution is 2.10. The van der Waals surface area contributed by atoms with Crippen molar-refractivity contribution in [2.45, 2.75) is 20.0 Å². The lowest BCUT2D eigenvalue weighted by Gasteiger charge is -2.14. The Hall–Kier alpha value is -3.47. The quantitative estimate of drug-likeness (QED) is 0.564. The van der Waals surface area contributed by atoms with Crippen LogP contribution in [0.5, 0.6) is 0 Å². The van der Waals surface area contributed by atoms with E-state index in [1.807, 2.05) is 61.5 Å². The standard InChI is InChI=1S/C22H19N3O2/c1-16-9-11-18(12-10-16)14-24-19-8-5-13-23-20(19)21(26)25(22(24)27)15-17-6-3-2-4-7-17/h2-13H,14-15H2,1H3. The van der Waals surface area contributed by atoms with Crippen LogP contribution in [0.2, 0.25) is 0 Å². The monoisotopic (exact) mass is 357 g/mol. The van der Waals surface area contributed by atoms with Crippen molar-refractivity contribution < 1.29 is 0 Å². The molecule has 4 rings (SSSR count). The van der Waals surface area contributed by atoms with E-state index in [4.69, 9.17) is 0 Å². The first-order valence-corrected chi connectivity index (χ1v) is 8.81. The number of rotatable bonds is 4. The molecule has 27 heavy (non-hydrogen) atoms. The van der Waals surface area contributed by atoms with Crippen LogP contribution in [0.1, 0.15) is 16.7 Å². The Balaban J connectivity index is 1.90. The van der Waals surface area contributed by atoms with E-state index in [0.717, 1.165) is 16.7 Å². The molecule has 0 aliphatic heterocycles. The van der Waals surface area contributed by atoms with Crippen molar-refractivity contribution in [2.75, 3.05) is 0 Å². The number of aromatic nitrogens is 3. The van der Waals surface area contributed by atoms with Crippen LogP contribution in [-0.2, 0) is 13.1 Å². The van der Waals surface area contributed by atoms with Crippen molar-refractivity contribution >= 4 is 11.0 Å². The van der Waals surface area contributed by atoms with Crippen molar-refractivity contribution in [3.8, 4) is 0 Å². The van der Waals surface area contributed by atoms with Gasteiger partial charge in [0.25, 0.3) is 5.56 Å². The number of hydrogen-bond donors (Lipinski definition) is 0. The van der Waals surface area contributed by atoms with Crippen LogP contribution >= 0.6 is 0 Å². The van der Waals surface area contributed by atoms with Gasteiger partial charge in [0.05, 0.1) is 18.6 Å². The van der Waals surface area contributed by atoms with E-state index in [9.17, 15) is 9.59 Å². The first kappa shape index (κ1) is 17.0. The van der Waals surface area contributed by atoms with E-state index in [2.05, 4.69) is 4.98 Å². The highest BCUT2D eigenvalue weighted by atomic mass is 16.2. The molecule has 0 bridgehead atoms. The van der Waals surface area contributed by atoms with Crippen LogP contribution in [-0.4, -0.2) is 14.1 Å². The van der Waals surface area contributed by atoms with Crippen LogP contribution in [0.25, 0.3) is 11.0 Å². The Labute approximate surface area is 156 Å². The summed E-state index contributed by atoms with van der Waals surface area (Å²) in [4.78, 5) is 30.3. The third-order valence-corrected chi connectivity index (χ3v) is 4.63. The fourth-order valence-electron chi connectivity index (χ4n) is 3.18. The van der Waals surface area contributed by atoms with E-state index in [1.165, 1.54) is 4.57 Å². The second-order valence-corrected chi connectivity index (χ2v) is 6.60. The molecule has 4 aromatic rings. The molecule has 0 amide bonds. The summed E-state index contributed by atoms with van der Waals surface area (Å²) in [6, 6.07) is 21.0. The molecule has 0 saturated heterocycles. The molecule has 0 saturated carbocycles. The fourth-order valence-corrected chi connectivity index (χ4v) is 3.18. The normalized spacial score (nSPS) is 11.0. The number of benzene rings is 2. The molecular weight excluding hydrogens is 338 g/mol. The maximum atomic E-state index is 13.2. The van der Waals surface area contributed by atoms with E-state index in [-0.39, 0.29) is 17.8 Å². The summed E-state index contributed by atoms with van der Waals surface area (Å²) in [5.41, 5.74) is 3.22. The lowest BCUT2D eigenvalue weighted by molar-refractivity contribution is 0.633. The number of nitrogens with zero attached hydrogens (tertiary/aromatic N) is 3. The topological polar surface area (TPSA) is 56.9 Å². The van der Waals surface area contributed by atoms with E-state index in [0.29, 0.717) is 17.6 Å². The van der Waals surface area contributed by atoms with Crippen LogP contribution in [0.4, 0.5) is 0 Å². The molecule has 5 nitrogen and oxygen atoms in total. The molecule has 2 heterocycles. The summed E-state index contributed by atoms with van der Waals surface area (Å²) >= 11 is 0. The summed E-state index contributed by atoms with van der Waals surface area (Å²) < 4.78 is 2.89. The fraction of sp³-hybridized carbons (Fsp3) is 0.136. The van der Waals surface area contributed by atoms with Gasteiger partial charge >= 0.3 is 5.69 Å². The van der Waals surface area contributed by atoms with Gasteiger partial charge in [-0.25, -0.2) is 9.78 Å². The SMILES string of the molecule is Cc1ccc(Cn2c(=O)n(Cc3ccccc3)c(=O)c3ncccc32)cc1. The maximum absolute atomic E-state index is 13.2. The smallest absolute Gasteiger partial charge is 0.287 e. The summed E-state index contributed by atoms with van der Waals surface area (Å²) in [5.74, 6) is 0. The second kappa shape index (κ2) is 7.03. The lowest BCUT2D eigenvalue weighted by Crippen LogP contribution is -2.40. The third-order valence-electron chi connectivity index (χ3n) is 4.63. The van der Waals surface area contributed by atoms with Crippen LogP contribution in [0.15, 0.2) is 82.5 Å². The Morgan fingerprint density at radius 3 is 2.19 bits per heavy atom. The van der Waals surface area contributed by atoms with Crippen molar-refractivity contribution in [1.29, 1.82) is 0 Å². The number of aryl methyl sites for hydroxylation is 1. The van der Waals surface area contributed by atoms with Crippen LogP contribution in [0.3, 0.4) is 0 Å². The lowest BCUT2D eigenvalue weighted by atomic mass is 10.1. The largest absolute Gasteiger partial charge is 0.332 e. The van der Waals surface area contributed by atoms with Crippen molar-refractivity contribution in [2.24, 2.45) is 0 Å². The predicted octanol–water partition coefficient (Wildman–Crippen LogP) is 2.96. The molecule has 0 N–H and O–H groups in total. The highest BCUT2D eigenvalue weighted by molar-refractivity contribution is 5.73. The first-order valence-electron chi connectivity index (χ1n) is 8.81. The zero-order chi connectivity index (χ0) is 18.8. The number of pyridine rings is 1. The predicted molar refractivity (Wildman–Crippen MR) is 106 cm³/mol. The summed E-state index contributed by atoms with van der Waals surface area (Å²) in [6.45, 7) is 2.63. The molecule has 0 aliphatic rings. The molecule has 0 radical (unpaired) electrons. The van der Waals surface area contributed by atoms with Gasteiger partial charge in [0.1, 0.15) is 0 Å². The van der Waals surface area contributed by atoms with Crippen LogP contribution in [0, 0.1) is 6.92 Å². The Bertz CT molecular complexity index is 1210. The minimum absolute atomic E-state index is 0.221. The van der Waals surface area contributed by atoms with Crippen LogP contribution < -0.4 is 11.2 Å². The molecule has 0 fully saturated rings. The van der Waals surface area contributed by atoms with E-state index in [1.54, 1.807) is 22.9 Å². The van der Waals surface area contributed by atoms with Crippen molar-refractivity contribution in [1.82, 2.24) is 14.1 Å². The molecule has 0 aliphatic carbocycles. The molecule has 2 aromatic heterocycles. The number of hydrogen-bond acceptors (Lipinski definition) is 3. The Morgan fingerprint density at radius 1 is 0.778 bits per heavy atom. The minimum atomic E-state index is -0.361. The minimum Gasteiger partial charge on any atom is -0.287 e. The van der Waals surface area contributed by atoms with E-state index >= 15 is 0 Å². The summed E-state index contributed by atoms with van der Waals surface area (Å²) in [7, 11) is 0. The molecule has 0 spiro atoms. The van der Waals surface area contributed by atoms with Gasteiger partial charge in [-0.05, 0) is 30.2 Å². The van der Waals surface area contributed by atoms with Crippen molar-refractivity contribution in [3.05, 3.63) is 110 Å². The molecule has 0 atom stereocenters. The Morgan fingerprint density at radius 2 is 1.44 bits per heavy atom. The van der Waals surface area contributed by atoms with Gasteiger partial charge in [-0.1, -0.05) is 60.2 Å². The van der Waals surface area contributed by atoms with Gasteiger partial charge in [0, 0.05) is 6.20 Å². The van der Waals surface area contributed by atoms with Gasteiger partial charge in [-0.3, -0.25) is 13.9 Å². The third kappa shape index (κ3) is 3.31. The maximum Gasteiger partial charge on any atom is 0.332 e. The van der Waals surface area contributed by atoms with Gasteiger partial charge in [0.15, 0.2) is 5.52 Å².